The molecule has 0 unspecified atom stereocenters. The van der Waals surface area contributed by atoms with Crippen LogP contribution in [0.4, 0.5) is 5.69 Å². The van der Waals surface area contributed by atoms with E-state index in [0.29, 0.717) is 6.04 Å². The summed E-state index contributed by atoms with van der Waals surface area (Å²) in [7, 11) is 0. The van der Waals surface area contributed by atoms with Gasteiger partial charge in [-0.05, 0) is 49.4 Å². The van der Waals surface area contributed by atoms with Crippen molar-refractivity contribution in [1.29, 1.82) is 0 Å². The maximum absolute atomic E-state index is 5.66. The summed E-state index contributed by atoms with van der Waals surface area (Å²) >= 11 is 5.66. The zero-order chi connectivity index (χ0) is 16.9. The minimum atomic E-state index is 0. The first-order valence-corrected chi connectivity index (χ1v) is 9.43. The largest absolute Gasteiger partial charge is 0.371 e. The van der Waals surface area contributed by atoms with Crippen molar-refractivity contribution in [2.24, 2.45) is 0 Å². The molecule has 1 aliphatic rings. The number of thiocarbonyl (C=S) groups is 1. The number of piperidine rings is 1. The SMILES string of the molecule is CCC(=S)N(C1CCN(c2ccccc2CC)CC1)n1cccc1.Cl. The molecule has 0 saturated carbocycles. The number of halogens is 1. The molecular formula is C20H28ClN3S. The van der Waals surface area contributed by atoms with Crippen LogP contribution in [-0.2, 0) is 6.42 Å². The van der Waals surface area contributed by atoms with Crippen LogP contribution in [0.3, 0.4) is 0 Å². The molecule has 2 heterocycles. The van der Waals surface area contributed by atoms with E-state index in [1.807, 2.05) is 0 Å². The van der Waals surface area contributed by atoms with Crippen molar-refractivity contribution in [3.63, 3.8) is 0 Å². The normalized spacial score (nSPS) is 14.9. The molecule has 1 aromatic heterocycles. The predicted molar refractivity (Wildman–Crippen MR) is 114 cm³/mol. The van der Waals surface area contributed by atoms with E-state index in [9.17, 15) is 0 Å². The van der Waals surface area contributed by atoms with Gasteiger partial charge in [0.1, 0.15) is 0 Å². The fraction of sp³-hybridized carbons (Fsp3) is 0.450. The van der Waals surface area contributed by atoms with Gasteiger partial charge in [-0.15, -0.1) is 12.4 Å². The van der Waals surface area contributed by atoms with Crippen LogP contribution in [0.25, 0.3) is 0 Å². The molecule has 0 amide bonds. The summed E-state index contributed by atoms with van der Waals surface area (Å²) < 4.78 is 2.16. The first kappa shape index (κ1) is 19.8. The number of aromatic nitrogens is 1. The van der Waals surface area contributed by atoms with Crippen LogP contribution >= 0.6 is 24.6 Å². The number of anilines is 1. The highest BCUT2D eigenvalue weighted by molar-refractivity contribution is 7.80. The molecule has 0 N–H and O–H groups in total. The van der Waals surface area contributed by atoms with Crippen LogP contribution < -0.4 is 9.91 Å². The number of rotatable bonds is 5. The Morgan fingerprint density at radius 2 is 1.72 bits per heavy atom. The van der Waals surface area contributed by atoms with Gasteiger partial charge in [-0.1, -0.05) is 44.3 Å². The first-order chi connectivity index (χ1) is 11.7. The molecule has 5 heteroatoms. The summed E-state index contributed by atoms with van der Waals surface area (Å²) in [6, 6.07) is 13.4. The van der Waals surface area contributed by atoms with Gasteiger partial charge in [0, 0.05) is 31.2 Å². The lowest BCUT2D eigenvalue weighted by Crippen LogP contribution is -2.51. The molecule has 3 rings (SSSR count). The van der Waals surface area contributed by atoms with Crippen molar-refractivity contribution in [3.8, 4) is 0 Å². The molecule has 1 aromatic carbocycles. The predicted octanol–water partition coefficient (Wildman–Crippen LogP) is 4.82. The number of nitrogens with zero attached hydrogens (tertiary/aromatic N) is 3. The third kappa shape index (κ3) is 4.36. The Kier molecular flexibility index (Phi) is 7.33. The number of benzene rings is 1. The lowest BCUT2D eigenvalue weighted by molar-refractivity contribution is 0.447. The monoisotopic (exact) mass is 377 g/mol. The van der Waals surface area contributed by atoms with Gasteiger partial charge in [0.25, 0.3) is 0 Å². The molecule has 0 bridgehead atoms. The van der Waals surface area contributed by atoms with Gasteiger partial charge in [0.15, 0.2) is 0 Å². The van der Waals surface area contributed by atoms with E-state index >= 15 is 0 Å². The van der Waals surface area contributed by atoms with Crippen LogP contribution in [0.2, 0.25) is 0 Å². The van der Waals surface area contributed by atoms with E-state index in [4.69, 9.17) is 12.2 Å². The Balaban J connectivity index is 0.00000225. The van der Waals surface area contributed by atoms with Crippen molar-refractivity contribution in [2.75, 3.05) is 23.0 Å². The number of hydrogen-bond acceptors (Lipinski definition) is 2. The first-order valence-electron chi connectivity index (χ1n) is 9.02. The molecular weight excluding hydrogens is 350 g/mol. The van der Waals surface area contributed by atoms with E-state index in [-0.39, 0.29) is 12.4 Å². The minimum absolute atomic E-state index is 0. The fourth-order valence-electron chi connectivity index (χ4n) is 3.62. The van der Waals surface area contributed by atoms with E-state index in [1.165, 1.54) is 11.3 Å². The van der Waals surface area contributed by atoms with Crippen LogP contribution in [0.15, 0.2) is 48.8 Å². The molecule has 1 aliphatic heterocycles. The van der Waals surface area contributed by atoms with Gasteiger partial charge < -0.3 is 4.90 Å². The Hall–Kier alpha value is -1.52. The molecule has 0 atom stereocenters. The third-order valence-electron chi connectivity index (χ3n) is 4.92. The second-order valence-corrected chi connectivity index (χ2v) is 6.83. The highest BCUT2D eigenvalue weighted by Crippen LogP contribution is 2.26. The average molecular weight is 378 g/mol. The molecule has 0 radical (unpaired) electrons. The number of hydrogen-bond donors (Lipinski definition) is 0. The summed E-state index contributed by atoms with van der Waals surface area (Å²) in [6.45, 7) is 6.56. The summed E-state index contributed by atoms with van der Waals surface area (Å²) in [4.78, 5) is 3.57. The molecule has 3 nitrogen and oxygen atoms in total. The van der Waals surface area contributed by atoms with Crippen LogP contribution in [-0.4, -0.2) is 28.8 Å². The molecule has 1 saturated heterocycles. The standard InChI is InChI=1S/C20H27N3S.ClH/c1-3-17-9-5-6-10-19(17)21-15-11-18(12-16-21)23(20(24)4-2)22-13-7-8-14-22;/h5-10,13-14,18H,3-4,11-12,15-16H2,1-2H3;1H. The van der Waals surface area contributed by atoms with E-state index in [1.54, 1.807) is 0 Å². The number of para-hydroxylation sites is 1. The second-order valence-electron chi connectivity index (χ2n) is 6.36. The summed E-state index contributed by atoms with van der Waals surface area (Å²) in [6.07, 6.45) is 8.46. The highest BCUT2D eigenvalue weighted by Gasteiger charge is 2.27. The molecule has 0 spiro atoms. The van der Waals surface area contributed by atoms with Gasteiger partial charge >= 0.3 is 0 Å². The maximum atomic E-state index is 5.66. The summed E-state index contributed by atoms with van der Waals surface area (Å²) in [5.74, 6) is 0. The van der Waals surface area contributed by atoms with Crippen molar-refractivity contribution in [1.82, 2.24) is 4.68 Å². The molecule has 1 fully saturated rings. The van der Waals surface area contributed by atoms with Crippen molar-refractivity contribution >= 4 is 35.3 Å². The third-order valence-corrected chi connectivity index (χ3v) is 5.39. The second kappa shape index (κ2) is 9.25. The van der Waals surface area contributed by atoms with Gasteiger partial charge in [-0.3, -0.25) is 9.69 Å². The lowest BCUT2D eigenvalue weighted by atomic mass is 10.0. The Morgan fingerprint density at radius 1 is 1.08 bits per heavy atom. The van der Waals surface area contributed by atoms with Gasteiger partial charge in [0.05, 0.1) is 11.0 Å². The Morgan fingerprint density at radius 3 is 2.32 bits per heavy atom. The van der Waals surface area contributed by atoms with E-state index in [2.05, 4.69) is 77.2 Å². The zero-order valence-electron chi connectivity index (χ0n) is 15.1. The molecule has 0 aliphatic carbocycles. The zero-order valence-corrected chi connectivity index (χ0v) is 16.7. The minimum Gasteiger partial charge on any atom is -0.371 e. The van der Waals surface area contributed by atoms with Gasteiger partial charge in [-0.25, -0.2) is 0 Å². The van der Waals surface area contributed by atoms with Crippen molar-refractivity contribution in [3.05, 3.63) is 54.4 Å². The smallest absolute Gasteiger partial charge is 0.0978 e. The van der Waals surface area contributed by atoms with Crippen LogP contribution in [0.1, 0.15) is 38.7 Å². The highest BCUT2D eigenvalue weighted by atomic mass is 35.5. The quantitative estimate of drug-likeness (QED) is 0.693. The lowest BCUT2D eigenvalue weighted by Gasteiger charge is -2.41. The number of aryl methyl sites for hydroxylation is 1. The fourth-order valence-corrected chi connectivity index (χ4v) is 3.87. The average Bonchev–Trinajstić information content (AvgIpc) is 3.16. The van der Waals surface area contributed by atoms with Crippen LogP contribution in [0.5, 0.6) is 0 Å². The van der Waals surface area contributed by atoms with E-state index in [0.717, 1.165) is 43.8 Å². The summed E-state index contributed by atoms with van der Waals surface area (Å²) in [5.41, 5.74) is 2.85. The summed E-state index contributed by atoms with van der Waals surface area (Å²) in [5, 5.41) is 2.32. The molecule has 25 heavy (non-hydrogen) atoms. The van der Waals surface area contributed by atoms with Gasteiger partial charge in [0.2, 0.25) is 0 Å². The topological polar surface area (TPSA) is 11.4 Å². The van der Waals surface area contributed by atoms with Crippen molar-refractivity contribution in [2.45, 2.75) is 45.6 Å². The Bertz CT molecular complexity index is 663. The van der Waals surface area contributed by atoms with Crippen molar-refractivity contribution < 1.29 is 0 Å². The van der Waals surface area contributed by atoms with Gasteiger partial charge in [-0.2, -0.15) is 0 Å². The maximum Gasteiger partial charge on any atom is 0.0978 e. The van der Waals surface area contributed by atoms with Crippen LogP contribution in [0, 0.1) is 0 Å². The molecule has 2 aromatic rings. The Labute approximate surface area is 163 Å². The molecule has 136 valence electrons. The van der Waals surface area contributed by atoms with E-state index < -0.39 is 0 Å².